The first-order valence-corrected chi connectivity index (χ1v) is 13.4. The summed E-state index contributed by atoms with van der Waals surface area (Å²) in [6, 6.07) is 2.48. The first-order chi connectivity index (χ1) is 17.5. The van der Waals surface area contributed by atoms with Crippen LogP contribution >= 0.6 is 11.3 Å². The molecule has 2 aromatic heterocycles. The molecular formula is C26H36B2F3N5OS. The molecule has 1 saturated carbocycles. The van der Waals surface area contributed by atoms with Crippen LogP contribution in [0.4, 0.5) is 13.2 Å². The van der Waals surface area contributed by atoms with Gasteiger partial charge in [0.05, 0.1) is 31.5 Å². The Morgan fingerprint density at radius 3 is 2.24 bits per heavy atom. The quantitative estimate of drug-likeness (QED) is 0.511. The van der Waals surface area contributed by atoms with Crippen molar-refractivity contribution in [1.82, 2.24) is 9.88 Å². The van der Waals surface area contributed by atoms with E-state index >= 15 is 0 Å². The highest BCUT2D eigenvalue weighted by Gasteiger charge is 2.43. The van der Waals surface area contributed by atoms with E-state index in [2.05, 4.69) is 9.88 Å². The van der Waals surface area contributed by atoms with E-state index in [0.717, 1.165) is 80.8 Å². The molecule has 12 heteroatoms. The van der Waals surface area contributed by atoms with Gasteiger partial charge in [-0.1, -0.05) is 19.2 Å². The Morgan fingerprint density at radius 1 is 1.03 bits per heavy atom. The number of halogens is 3. The van der Waals surface area contributed by atoms with E-state index in [-0.39, 0.29) is 24.5 Å². The van der Waals surface area contributed by atoms with Crippen molar-refractivity contribution in [1.29, 1.82) is 0 Å². The molecule has 5 rings (SSSR count). The van der Waals surface area contributed by atoms with Crippen LogP contribution in [0.1, 0.15) is 50.7 Å². The van der Waals surface area contributed by atoms with Crippen molar-refractivity contribution in [2.75, 3.05) is 26.3 Å². The van der Waals surface area contributed by atoms with E-state index in [1.807, 2.05) is 0 Å². The van der Waals surface area contributed by atoms with Crippen LogP contribution in [0, 0.1) is 17.8 Å². The third-order valence-corrected chi connectivity index (χ3v) is 8.73. The molecule has 1 aliphatic carbocycles. The van der Waals surface area contributed by atoms with Gasteiger partial charge in [0.2, 0.25) is 0 Å². The van der Waals surface area contributed by atoms with E-state index in [0.29, 0.717) is 15.7 Å². The topological polar surface area (TPSA) is 103 Å². The average Bonchev–Trinajstić information content (AvgIpc) is 3.61. The monoisotopic (exact) mass is 545 g/mol. The molecule has 0 amide bonds. The lowest BCUT2D eigenvalue weighted by Gasteiger charge is -2.45. The molecule has 0 bridgehead atoms. The molecule has 2 aliphatic heterocycles. The molecule has 3 aliphatic rings. The second-order valence-corrected chi connectivity index (χ2v) is 11.0. The van der Waals surface area contributed by atoms with Crippen LogP contribution in [-0.4, -0.2) is 57.2 Å². The number of nitrogens with two attached hydrogens (primary N) is 3. The molecule has 4 heterocycles. The zero-order valence-electron chi connectivity index (χ0n) is 20.7. The number of hydrogen-bond donors (Lipinski definition) is 3. The summed E-state index contributed by atoms with van der Waals surface area (Å²) in [5.74, 6) is 2.12. The highest BCUT2D eigenvalue weighted by atomic mass is 32.1. The summed E-state index contributed by atoms with van der Waals surface area (Å²) in [7, 11) is 12.9. The number of fused-ring (bicyclic) bond motifs is 1. The van der Waals surface area contributed by atoms with Gasteiger partial charge >= 0.3 is 6.18 Å². The lowest BCUT2D eigenvalue weighted by Crippen LogP contribution is -2.55. The smallest absolute Gasteiger partial charge is 0.397 e. The number of thiophene rings is 1. The van der Waals surface area contributed by atoms with Gasteiger partial charge in [0, 0.05) is 49.5 Å². The number of nitrogens with zero attached hydrogens (tertiary/aromatic N) is 2. The molecule has 4 radical (unpaired) electrons. The van der Waals surface area contributed by atoms with Gasteiger partial charge < -0.3 is 26.8 Å². The highest BCUT2D eigenvalue weighted by Crippen LogP contribution is 2.41. The summed E-state index contributed by atoms with van der Waals surface area (Å²) in [6.45, 7) is 3.88. The predicted octanol–water partition coefficient (Wildman–Crippen LogP) is 2.03. The van der Waals surface area contributed by atoms with Crippen LogP contribution in [-0.2, 0) is 10.9 Å². The normalized spacial score (nSPS) is 23.1. The standard InChI is InChI=1S/C13H21B2NO.C12H11F3N4S.CH4/c14-13(15,12-4-6-17-7-5-12)16-8-10-2-1-3-11(10)9-16;13-12(14,15)8-1-3-19-5-7(8)9(16)10-6(11(17)18)2-4-20-10;/h10-12H,1-9H2;1-5H,16-18H2;1H4/b;10-9+;. The lowest BCUT2D eigenvalue weighted by molar-refractivity contribution is -0.137. The van der Waals surface area contributed by atoms with Crippen molar-refractivity contribution in [3.8, 4) is 0 Å². The van der Waals surface area contributed by atoms with Crippen molar-refractivity contribution in [3.63, 3.8) is 0 Å². The molecule has 6 nitrogen and oxygen atoms in total. The van der Waals surface area contributed by atoms with Crippen molar-refractivity contribution in [2.45, 2.75) is 51.0 Å². The first kappa shape index (κ1) is 30.4. The molecule has 38 heavy (non-hydrogen) atoms. The largest absolute Gasteiger partial charge is 0.417 e. The minimum Gasteiger partial charge on any atom is -0.397 e. The Labute approximate surface area is 229 Å². The van der Waals surface area contributed by atoms with Gasteiger partial charge in [0.25, 0.3) is 0 Å². The fraction of sp³-hybridized carbons (Fsp3) is 0.577. The number of pyridine rings is 1. The van der Waals surface area contributed by atoms with E-state index in [4.69, 9.17) is 37.6 Å². The van der Waals surface area contributed by atoms with Crippen LogP contribution in [0.3, 0.4) is 0 Å². The zero-order chi connectivity index (χ0) is 26.8. The van der Waals surface area contributed by atoms with Gasteiger partial charge in [-0.2, -0.15) is 13.2 Å². The number of alkyl halides is 3. The lowest BCUT2D eigenvalue weighted by atomic mass is 9.52. The number of ether oxygens (including phenoxy) is 1. The van der Waals surface area contributed by atoms with Crippen molar-refractivity contribution >= 4 is 38.5 Å². The van der Waals surface area contributed by atoms with Crippen LogP contribution in [0.25, 0.3) is 11.5 Å². The van der Waals surface area contributed by atoms with Gasteiger partial charge in [-0.3, -0.25) is 4.98 Å². The second kappa shape index (κ2) is 12.3. The minimum atomic E-state index is -4.52. The minimum absolute atomic E-state index is 0. The van der Waals surface area contributed by atoms with Gasteiger partial charge in [0.1, 0.15) is 5.82 Å². The van der Waals surface area contributed by atoms with Crippen molar-refractivity contribution in [3.05, 3.63) is 50.8 Å². The first-order valence-electron chi connectivity index (χ1n) is 12.5. The Balaban J connectivity index is 0.000000207. The number of hydrogen-bond acceptors (Lipinski definition) is 7. The SMILES string of the molecule is C.NC(N)=c1ccs/c1=C(/N)c1cnccc1C(F)(F)F.[B]C([B])(C1CCOCC1)N1CC2CCCC2C1. The van der Waals surface area contributed by atoms with Crippen molar-refractivity contribution in [2.24, 2.45) is 35.0 Å². The Bertz CT molecular complexity index is 1180. The molecule has 0 spiro atoms. The maximum atomic E-state index is 13.0. The fourth-order valence-electron chi connectivity index (χ4n) is 5.69. The van der Waals surface area contributed by atoms with Gasteiger partial charge in [-0.25, -0.2) is 0 Å². The molecule has 2 saturated heterocycles. The van der Waals surface area contributed by atoms with E-state index < -0.39 is 17.1 Å². The predicted molar refractivity (Wildman–Crippen MR) is 148 cm³/mol. The van der Waals surface area contributed by atoms with Crippen molar-refractivity contribution < 1.29 is 17.9 Å². The van der Waals surface area contributed by atoms with E-state index in [9.17, 15) is 13.2 Å². The third-order valence-electron chi connectivity index (χ3n) is 7.79. The van der Waals surface area contributed by atoms with Gasteiger partial charge in [-0.05, 0) is 60.9 Å². The summed E-state index contributed by atoms with van der Waals surface area (Å²) < 4.78 is 44.7. The highest BCUT2D eigenvalue weighted by molar-refractivity contribution is 7.07. The molecule has 204 valence electrons. The summed E-state index contributed by atoms with van der Waals surface area (Å²) >= 11 is 1.16. The van der Waals surface area contributed by atoms with E-state index in [1.54, 1.807) is 11.4 Å². The Kier molecular flexibility index (Phi) is 9.86. The molecule has 2 unspecified atom stereocenters. The molecule has 0 aromatic carbocycles. The summed E-state index contributed by atoms with van der Waals surface area (Å²) in [4.78, 5) is 6.06. The maximum absolute atomic E-state index is 13.0. The third kappa shape index (κ3) is 6.51. The van der Waals surface area contributed by atoms with Crippen LogP contribution in [0.2, 0.25) is 0 Å². The number of aromatic nitrogens is 1. The molecule has 3 fully saturated rings. The molecule has 2 aromatic rings. The molecule has 2 atom stereocenters. The molecular weight excluding hydrogens is 509 g/mol. The maximum Gasteiger partial charge on any atom is 0.417 e. The van der Waals surface area contributed by atoms with Gasteiger partial charge in [-0.15, -0.1) is 11.3 Å². The average molecular weight is 545 g/mol. The Hall–Kier alpha value is -2.17. The Morgan fingerprint density at radius 2 is 1.66 bits per heavy atom. The van der Waals surface area contributed by atoms with Crippen LogP contribution in [0.5, 0.6) is 0 Å². The number of rotatable bonds is 3. The zero-order valence-corrected chi connectivity index (χ0v) is 21.5. The molecule has 6 N–H and O–H groups in total. The second-order valence-electron chi connectivity index (χ2n) is 10.1. The van der Waals surface area contributed by atoms with E-state index in [1.165, 1.54) is 19.3 Å². The summed E-state index contributed by atoms with van der Waals surface area (Å²) in [5, 5.41) is 1.47. The van der Waals surface area contributed by atoms with Gasteiger partial charge in [0.15, 0.2) is 0 Å². The number of likely N-dealkylation sites (tertiary alicyclic amines) is 1. The van der Waals surface area contributed by atoms with Crippen LogP contribution in [0.15, 0.2) is 29.9 Å². The fourth-order valence-corrected chi connectivity index (χ4v) is 6.58. The summed E-state index contributed by atoms with van der Waals surface area (Å²) in [6.07, 6.45) is 3.82. The summed E-state index contributed by atoms with van der Waals surface area (Å²) in [5.41, 5.74) is 15.8. The van der Waals surface area contributed by atoms with Crippen LogP contribution < -0.4 is 27.0 Å².